The zero-order valence-electron chi connectivity index (χ0n) is 13.9. The van der Waals surface area contributed by atoms with Crippen molar-refractivity contribution in [2.24, 2.45) is 28.6 Å². The molecule has 3 nitrogen and oxygen atoms in total. The van der Waals surface area contributed by atoms with E-state index in [0.29, 0.717) is 23.7 Å². The number of carbonyl (C=O) groups is 1. The van der Waals surface area contributed by atoms with Crippen LogP contribution in [0.25, 0.3) is 0 Å². The minimum Gasteiger partial charge on any atom is -0.299 e. The molecule has 0 aromatic rings. The normalized spacial score (nSPS) is 59.8. The Balaban J connectivity index is 1.62. The van der Waals surface area contributed by atoms with E-state index in [1.165, 1.54) is 25.7 Å². The smallest absolute Gasteiger partial charge is 0.139 e. The Morgan fingerprint density at radius 2 is 1.86 bits per heavy atom. The van der Waals surface area contributed by atoms with Crippen LogP contribution in [-0.4, -0.2) is 17.5 Å². The molecule has 3 heteroatoms. The van der Waals surface area contributed by atoms with E-state index >= 15 is 0 Å². The highest BCUT2D eigenvalue weighted by Gasteiger charge is 2.70. The molecule has 2 heterocycles. The van der Waals surface area contributed by atoms with Crippen LogP contribution in [0.15, 0.2) is 0 Å². The van der Waals surface area contributed by atoms with Crippen LogP contribution in [0.5, 0.6) is 0 Å². The summed E-state index contributed by atoms with van der Waals surface area (Å²) in [6.07, 6.45) is 10.3. The van der Waals surface area contributed by atoms with Gasteiger partial charge in [-0.25, -0.2) is 9.78 Å². The van der Waals surface area contributed by atoms with Crippen molar-refractivity contribution in [3.63, 3.8) is 0 Å². The number of hydrogen-bond acceptors (Lipinski definition) is 3. The number of fused-ring (bicyclic) bond motifs is 4. The summed E-state index contributed by atoms with van der Waals surface area (Å²) in [6, 6.07) is 0. The van der Waals surface area contributed by atoms with Crippen LogP contribution in [0.1, 0.15) is 71.6 Å². The van der Waals surface area contributed by atoms with Gasteiger partial charge in [0, 0.05) is 17.3 Å². The SMILES string of the molecule is C[C@]12CC[C@@H]3C[C@@H]1CCC1C4CCC(=O)[C@@]4(C)CC[C@@]12OO3. The Labute approximate surface area is 133 Å². The van der Waals surface area contributed by atoms with Gasteiger partial charge >= 0.3 is 0 Å². The maximum atomic E-state index is 12.5. The van der Waals surface area contributed by atoms with E-state index in [1.54, 1.807) is 0 Å². The zero-order chi connectivity index (χ0) is 15.2. The lowest BCUT2D eigenvalue weighted by Crippen LogP contribution is -2.64. The highest BCUT2D eigenvalue weighted by molar-refractivity contribution is 5.87. The van der Waals surface area contributed by atoms with Crippen LogP contribution >= 0.6 is 0 Å². The molecule has 0 N–H and O–H groups in total. The van der Waals surface area contributed by atoms with Crippen LogP contribution in [-0.2, 0) is 14.6 Å². The van der Waals surface area contributed by atoms with Crippen molar-refractivity contribution in [1.29, 1.82) is 0 Å². The molecule has 2 aliphatic heterocycles. The predicted molar refractivity (Wildman–Crippen MR) is 81.9 cm³/mol. The van der Waals surface area contributed by atoms with Crippen LogP contribution in [0.2, 0.25) is 0 Å². The molecular weight excluding hydrogens is 276 g/mol. The van der Waals surface area contributed by atoms with Gasteiger partial charge < -0.3 is 0 Å². The van der Waals surface area contributed by atoms with Crippen LogP contribution in [0.3, 0.4) is 0 Å². The van der Waals surface area contributed by atoms with Gasteiger partial charge in [-0.3, -0.25) is 4.79 Å². The van der Waals surface area contributed by atoms with Crippen molar-refractivity contribution in [2.75, 3.05) is 0 Å². The molecule has 4 saturated carbocycles. The Morgan fingerprint density at radius 1 is 1.00 bits per heavy atom. The largest absolute Gasteiger partial charge is 0.299 e. The first-order chi connectivity index (χ1) is 10.5. The fourth-order valence-corrected chi connectivity index (χ4v) is 7.34. The van der Waals surface area contributed by atoms with Gasteiger partial charge in [0.05, 0.1) is 6.10 Å². The summed E-state index contributed by atoms with van der Waals surface area (Å²) >= 11 is 0. The second-order valence-corrected chi connectivity index (χ2v) is 9.25. The van der Waals surface area contributed by atoms with Crippen LogP contribution < -0.4 is 0 Å². The molecule has 7 atom stereocenters. The minimum absolute atomic E-state index is 0.0766. The molecule has 2 unspecified atom stereocenters. The first kappa shape index (κ1) is 14.0. The van der Waals surface area contributed by atoms with E-state index in [0.717, 1.165) is 38.0 Å². The summed E-state index contributed by atoms with van der Waals surface area (Å²) in [5.74, 6) is 2.31. The van der Waals surface area contributed by atoms with Crippen molar-refractivity contribution in [1.82, 2.24) is 0 Å². The van der Waals surface area contributed by atoms with Crippen molar-refractivity contribution < 1.29 is 14.6 Å². The lowest BCUT2D eigenvalue weighted by Gasteiger charge is -2.63. The van der Waals surface area contributed by atoms with Gasteiger partial charge in [-0.2, -0.15) is 0 Å². The molecular formula is C19H28O3. The fourth-order valence-electron chi connectivity index (χ4n) is 7.34. The second-order valence-electron chi connectivity index (χ2n) is 9.25. The highest BCUT2D eigenvalue weighted by atomic mass is 17.2. The standard InChI is InChI=1S/C19H28O3/c1-17-9-10-19-15(14(17)5-6-16(17)20)4-3-12-11-13(21-22-19)7-8-18(12,19)2/h12-15H,3-11H2,1-2H3/t12-,13+,14?,15?,17-,18-,19+/m0/s1. The molecule has 0 aromatic carbocycles. The summed E-state index contributed by atoms with van der Waals surface area (Å²) in [6.45, 7) is 4.72. The fraction of sp³-hybridized carbons (Fsp3) is 0.947. The molecule has 6 aliphatic rings. The molecule has 4 bridgehead atoms. The number of hydrogen-bond donors (Lipinski definition) is 0. The molecule has 22 heavy (non-hydrogen) atoms. The lowest BCUT2D eigenvalue weighted by atomic mass is 9.43. The molecule has 0 radical (unpaired) electrons. The Morgan fingerprint density at radius 3 is 2.73 bits per heavy atom. The Bertz CT molecular complexity index is 531. The summed E-state index contributed by atoms with van der Waals surface area (Å²) in [5, 5.41) is 0. The quantitative estimate of drug-likeness (QED) is 0.633. The maximum absolute atomic E-state index is 12.5. The van der Waals surface area contributed by atoms with E-state index in [1.807, 2.05) is 0 Å². The van der Waals surface area contributed by atoms with Crippen LogP contribution in [0, 0.1) is 28.6 Å². The van der Waals surface area contributed by atoms with E-state index in [-0.39, 0.29) is 16.4 Å². The average Bonchev–Trinajstić information content (AvgIpc) is 2.71. The molecule has 6 fully saturated rings. The van der Waals surface area contributed by atoms with Crippen molar-refractivity contribution >= 4 is 5.78 Å². The van der Waals surface area contributed by atoms with E-state index in [9.17, 15) is 4.79 Å². The summed E-state index contributed by atoms with van der Waals surface area (Å²) in [5.41, 5.74) is 0.0681. The highest BCUT2D eigenvalue weighted by Crippen LogP contribution is 2.69. The second kappa shape index (κ2) is 4.16. The van der Waals surface area contributed by atoms with E-state index in [4.69, 9.17) is 9.78 Å². The first-order valence-electron chi connectivity index (χ1n) is 9.37. The van der Waals surface area contributed by atoms with Crippen molar-refractivity contribution in [3.8, 4) is 0 Å². The Hall–Kier alpha value is -0.410. The van der Waals surface area contributed by atoms with Gasteiger partial charge in [-0.1, -0.05) is 13.8 Å². The number of Topliss-reactive ketones (excluding diaryl/α,β-unsaturated/α-hetero) is 1. The van der Waals surface area contributed by atoms with Gasteiger partial charge in [-0.15, -0.1) is 0 Å². The number of rotatable bonds is 0. The zero-order valence-corrected chi connectivity index (χ0v) is 13.9. The third kappa shape index (κ3) is 1.40. The topological polar surface area (TPSA) is 35.5 Å². The molecule has 2 saturated heterocycles. The van der Waals surface area contributed by atoms with Crippen LogP contribution in [0.4, 0.5) is 0 Å². The molecule has 122 valence electrons. The Kier molecular flexibility index (Phi) is 2.64. The van der Waals surface area contributed by atoms with Crippen molar-refractivity contribution in [3.05, 3.63) is 0 Å². The van der Waals surface area contributed by atoms with E-state index < -0.39 is 0 Å². The van der Waals surface area contributed by atoms with E-state index in [2.05, 4.69) is 13.8 Å². The monoisotopic (exact) mass is 304 g/mol. The van der Waals surface area contributed by atoms with Crippen molar-refractivity contribution in [2.45, 2.75) is 83.3 Å². The van der Waals surface area contributed by atoms with Gasteiger partial charge in [-0.05, 0) is 69.1 Å². The average molecular weight is 304 g/mol. The number of carbonyl (C=O) groups excluding carboxylic acids is 1. The first-order valence-corrected chi connectivity index (χ1v) is 9.37. The molecule has 6 rings (SSSR count). The third-order valence-electron chi connectivity index (χ3n) is 8.80. The molecule has 0 aromatic heterocycles. The molecule has 4 aliphatic carbocycles. The molecule has 0 amide bonds. The summed E-state index contributed by atoms with van der Waals surface area (Å²) < 4.78 is 0. The van der Waals surface area contributed by atoms with Gasteiger partial charge in [0.2, 0.25) is 0 Å². The van der Waals surface area contributed by atoms with Gasteiger partial charge in [0.15, 0.2) is 0 Å². The predicted octanol–water partition coefficient (Wildman–Crippen LogP) is 4.05. The molecule has 1 spiro atoms. The number of ketones is 1. The van der Waals surface area contributed by atoms with Gasteiger partial charge in [0.1, 0.15) is 11.4 Å². The van der Waals surface area contributed by atoms with Gasteiger partial charge in [0.25, 0.3) is 0 Å². The minimum atomic E-state index is -0.115. The summed E-state index contributed by atoms with van der Waals surface area (Å²) in [4.78, 5) is 24.8. The maximum Gasteiger partial charge on any atom is 0.139 e. The third-order valence-corrected chi connectivity index (χ3v) is 8.80. The lowest BCUT2D eigenvalue weighted by molar-refractivity contribution is -0.412. The summed E-state index contributed by atoms with van der Waals surface area (Å²) in [7, 11) is 0.